The van der Waals surface area contributed by atoms with Gasteiger partial charge < -0.3 is 10.0 Å². The average Bonchev–Trinajstić information content (AvgIpc) is 3.39. The van der Waals surface area contributed by atoms with Gasteiger partial charge in [-0.05, 0) is 54.1 Å². The molecule has 1 atom stereocenters. The molecule has 0 amide bonds. The van der Waals surface area contributed by atoms with Crippen LogP contribution in [0.5, 0.6) is 0 Å². The van der Waals surface area contributed by atoms with Crippen LogP contribution in [0.2, 0.25) is 0 Å². The molecule has 1 aliphatic heterocycles. The molecule has 168 valence electrons. The largest absolute Gasteiger partial charge is 0.483 e. The summed E-state index contributed by atoms with van der Waals surface area (Å²) in [6.07, 6.45) is 6.13. The molecule has 0 saturated carbocycles. The van der Waals surface area contributed by atoms with E-state index in [1.165, 1.54) is 6.42 Å². The Hall–Kier alpha value is -3.01. The molecule has 0 aromatic carbocycles. The fourth-order valence-electron chi connectivity index (χ4n) is 4.23. The van der Waals surface area contributed by atoms with Gasteiger partial charge in [0.25, 0.3) is 6.47 Å². The smallest absolute Gasteiger partial charge is 0.290 e. The quantitative estimate of drug-likeness (QED) is 0.637. The monoisotopic (exact) mass is 428 g/mol. The van der Waals surface area contributed by atoms with Crippen molar-refractivity contribution in [3.05, 3.63) is 29.6 Å². The second-order valence-electron chi connectivity index (χ2n) is 8.37. The summed E-state index contributed by atoms with van der Waals surface area (Å²) in [4.78, 5) is 15.8. The average molecular weight is 429 g/mol. The molecule has 1 saturated heterocycles. The summed E-state index contributed by atoms with van der Waals surface area (Å²) in [6, 6.07) is 0.300. The number of rotatable bonds is 4. The van der Waals surface area contributed by atoms with Crippen molar-refractivity contribution in [1.29, 1.82) is 0 Å². The Kier molecular flexibility index (Phi) is 6.89. The molecule has 1 unspecified atom stereocenters. The van der Waals surface area contributed by atoms with Crippen LogP contribution < -0.4 is 0 Å². The van der Waals surface area contributed by atoms with E-state index in [4.69, 9.17) is 25.1 Å². The molecule has 10 nitrogen and oxygen atoms in total. The molecule has 3 aromatic heterocycles. The molecular weight excluding hydrogens is 396 g/mol. The van der Waals surface area contributed by atoms with Crippen LogP contribution in [0.4, 0.5) is 0 Å². The Labute approximate surface area is 182 Å². The van der Waals surface area contributed by atoms with Gasteiger partial charge in [-0.1, -0.05) is 0 Å². The normalized spacial score (nSPS) is 16.9. The van der Waals surface area contributed by atoms with E-state index in [-0.39, 0.29) is 6.47 Å². The molecule has 1 fully saturated rings. The zero-order chi connectivity index (χ0) is 22.7. The van der Waals surface area contributed by atoms with Crippen LogP contribution in [-0.2, 0) is 11.8 Å². The first-order valence-corrected chi connectivity index (χ1v) is 10.5. The number of hydrogen-bond acceptors (Lipinski definition) is 6. The van der Waals surface area contributed by atoms with Crippen LogP contribution in [0.25, 0.3) is 17.1 Å². The molecule has 0 aliphatic carbocycles. The zero-order valence-corrected chi connectivity index (χ0v) is 19.1. The van der Waals surface area contributed by atoms with Crippen molar-refractivity contribution in [2.75, 3.05) is 20.1 Å². The van der Waals surface area contributed by atoms with Crippen LogP contribution >= 0.6 is 0 Å². The van der Waals surface area contributed by atoms with E-state index in [0.29, 0.717) is 12.0 Å². The van der Waals surface area contributed by atoms with Crippen LogP contribution in [0.3, 0.4) is 0 Å². The second kappa shape index (κ2) is 9.42. The number of likely N-dealkylation sites (N-methyl/N-ethyl adjacent to an activating group) is 1. The van der Waals surface area contributed by atoms with Crippen molar-refractivity contribution in [3.8, 4) is 17.1 Å². The lowest BCUT2D eigenvalue weighted by atomic mass is 9.98. The summed E-state index contributed by atoms with van der Waals surface area (Å²) in [5.74, 6) is 2.14. The third kappa shape index (κ3) is 4.68. The number of carbonyl (C=O) groups is 1. The highest BCUT2D eigenvalue weighted by atomic mass is 16.3. The van der Waals surface area contributed by atoms with Gasteiger partial charge in [0.05, 0.1) is 23.7 Å². The van der Waals surface area contributed by atoms with E-state index in [2.05, 4.69) is 49.4 Å². The summed E-state index contributed by atoms with van der Waals surface area (Å²) in [6.45, 7) is 10.4. The number of nitrogens with zero attached hydrogens (tertiary/aromatic N) is 8. The highest BCUT2D eigenvalue weighted by molar-refractivity contribution is 5.63. The molecular formula is C21H32N8O2. The van der Waals surface area contributed by atoms with E-state index < -0.39 is 0 Å². The van der Waals surface area contributed by atoms with Gasteiger partial charge in [0.1, 0.15) is 5.69 Å². The number of piperidine rings is 1. The predicted molar refractivity (Wildman–Crippen MR) is 117 cm³/mol. The van der Waals surface area contributed by atoms with E-state index in [9.17, 15) is 0 Å². The van der Waals surface area contributed by atoms with Crippen LogP contribution in [0, 0.1) is 13.8 Å². The first kappa shape index (κ1) is 22.7. The van der Waals surface area contributed by atoms with Crippen molar-refractivity contribution in [3.63, 3.8) is 0 Å². The standard InChI is InChI=1S/C20H30N8.CH2O2/c1-13(2)27-15(4)18(14(3)23-27)20-22-19(16-8-7-9-25(5)11-16)24-28(20)17-10-21-26(6)12-17;2-1-3/h10,12-13,16H,7-9,11H2,1-6H3;1H,(H,2,3). The lowest BCUT2D eigenvalue weighted by molar-refractivity contribution is -0.122. The maximum atomic E-state index is 8.36. The number of carboxylic acid groups (broad SMARTS) is 1. The molecule has 0 spiro atoms. The minimum atomic E-state index is -0.250. The fraction of sp³-hybridized carbons (Fsp3) is 0.571. The minimum absolute atomic E-state index is 0.250. The predicted octanol–water partition coefficient (Wildman–Crippen LogP) is 2.57. The maximum Gasteiger partial charge on any atom is 0.290 e. The van der Waals surface area contributed by atoms with Crippen molar-refractivity contribution in [1.82, 2.24) is 39.2 Å². The SMILES string of the molecule is Cc1nn(C(C)C)c(C)c1-c1nc(C2CCCN(C)C2)nn1-c1cnn(C)c1.O=CO. The Bertz CT molecular complexity index is 1030. The number of aryl methyl sites for hydroxylation is 2. The molecule has 1 N–H and O–H groups in total. The number of likely N-dealkylation sites (tertiary alicyclic amines) is 1. The topological polar surface area (TPSA) is 107 Å². The van der Waals surface area contributed by atoms with E-state index in [1.807, 2.05) is 24.1 Å². The van der Waals surface area contributed by atoms with E-state index >= 15 is 0 Å². The van der Waals surface area contributed by atoms with Gasteiger partial charge >= 0.3 is 0 Å². The summed E-state index contributed by atoms with van der Waals surface area (Å²) in [5.41, 5.74) is 4.10. The van der Waals surface area contributed by atoms with Gasteiger partial charge in [0.15, 0.2) is 11.6 Å². The lowest BCUT2D eigenvalue weighted by Gasteiger charge is -2.27. The molecule has 31 heavy (non-hydrogen) atoms. The van der Waals surface area contributed by atoms with Crippen molar-refractivity contribution in [2.24, 2.45) is 7.05 Å². The first-order chi connectivity index (χ1) is 14.8. The third-order valence-electron chi connectivity index (χ3n) is 5.59. The Morgan fingerprint density at radius 3 is 2.48 bits per heavy atom. The second-order valence-corrected chi connectivity index (χ2v) is 8.37. The van der Waals surface area contributed by atoms with E-state index in [1.54, 1.807) is 4.68 Å². The van der Waals surface area contributed by atoms with E-state index in [0.717, 1.165) is 53.8 Å². The summed E-state index contributed by atoms with van der Waals surface area (Å²) in [7, 11) is 4.09. The van der Waals surface area contributed by atoms with Crippen LogP contribution in [0.15, 0.2) is 12.4 Å². The molecule has 4 heterocycles. The zero-order valence-electron chi connectivity index (χ0n) is 19.1. The Balaban J connectivity index is 0.000000858. The van der Waals surface area contributed by atoms with Gasteiger partial charge in [0, 0.05) is 31.2 Å². The molecule has 4 rings (SSSR count). The molecule has 1 aliphatic rings. The maximum absolute atomic E-state index is 8.36. The van der Waals surface area contributed by atoms with Crippen molar-refractivity contribution < 1.29 is 9.90 Å². The third-order valence-corrected chi connectivity index (χ3v) is 5.59. The van der Waals surface area contributed by atoms with Crippen molar-refractivity contribution in [2.45, 2.75) is 52.5 Å². The molecule has 0 bridgehead atoms. The summed E-state index contributed by atoms with van der Waals surface area (Å²) < 4.78 is 5.81. The van der Waals surface area contributed by atoms with Crippen LogP contribution in [-0.4, -0.2) is 70.9 Å². The Morgan fingerprint density at radius 2 is 1.94 bits per heavy atom. The Morgan fingerprint density at radius 1 is 1.23 bits per heavy atom. The minimum Gasteiger partial charge on any atom is -0.483 e. The molecule has 3 aromatic rings. The lowest BCUT2D eigenvalue weighted by Crippen LogP contribution is -2.31. The molecule has 10 heteroatoms. The highest BCUT2D eigenvalue weighted by Gasteiger charge is 2.27. The van der Waals surface area contributed by atoms with Gasteiger partial charge in [0.2, 0.25) is 0 Å². The van der Waals surface area contributed by atoms with Gasteiger partial charge in [-0.3, -0.25) is 14.2 Å². The molecule has 0 radical (unpaired) electrons. The van der Waals surface area contributed by atoms with Crippen molar-refractivity contribution >= 4 is 6.47 Å². The number of aromatic nitrogens is 7. The number of hydrogen-bond donors (Lipinski definition) is 1. The fourth-order valence-corrected chi connectivity index (χ4v) is 4.23. The van der Waals surface area contributed by atoms with Gasteiger partial charge in [-0.2, -0.15) is 15.3 Å². The van der Waals surface area contributed by atoms with Gasteiger partial charge in [-0.25, -0.2) is 9.67 Å². The highest BCUT2D eigenvalue weighted by Crippen LogP contribution is 2.32. The van der Waals surface area contributed by atoms with Crippen LogP contribution in [0.1, 0.15) is 55.9 Å². The summed E-state index contributed by atoms with van der Waals surface area (Å²) in [5, 5.41) is 20.9. The van der Waals surface area contributed by atoms with Gasteiger partial charge in [-0.15, -0.1) is 0 Å². The summed E-state index contributed by atoms with van der Waals surface area (Å²) >= 11 is 0. The first-order valence-electron chi connectivity index (χ1n) is 10.5.